The first-order valence-electron chi connectivity index (χ1n) is 5.55. The fourth-order valence-electron chi connectivity index (χ4n) is 1.52. The molecule has 2 aromatic heterocycles. The van der Waals surface area contributed by atoms with Crippen molar-refractivity contribution in [3.63, 3.8) is 0 Å². The Hall–Kier alpha value is -1.96. The lowest BCUT2D eigenvalue weighted by Gasteiger charge is -2.05. The average molecular weight is 271 g/mol. The summed E-state index contributed by atoms with van der Waals surface area (Å²) in [6.07, 6.45) is 0.821. The number of hydrogen-bond donors (Lipinski definition) is 1. The molecule has 0 aromatic carbocycles. The van der Waals surface area contributed by atoms with Crippen molar-refractivity contribution >= 4 is 0 Å². The van der Waals surface area contributed by atoms with Crippen molar-refractivity contribution in [2.45, 2.75) is 25.6 Å². The number of aromatic nitrogens is 4. The van der Waals surface area contributed by atoms with E-state index in [-0.39, 0.29) is 12.0 Å². The number of hydrogen-bond acceptors (Lipinski definition) is 4. The van der Waals surface area contributed by atoms with Gasteiger partial charge in [0.15, 0.2) is 0 Å². The van der Waals surface area contributed by atoms with E-state index in [0.717, 1.165) is 22.6 Å². The second-order valence-corrected chi connectivity index (χ2v) is 4.24. The van der Waals surface area contributed by atoms with E-state index in [9.17, 15) is 13.2 Å². The van der Waals surface area contributed by atoms with Gasteiger partial charge < -0.3 is 5.73 Å². The molecule has 0 radical (unpaired) electrons. The average Bonchev–Trinajstić information content (AvgIpc) is 2.78. The maximum atomic E-state index is 12.4. The second-order valence-electron chi connectivity index (χ2n) is 4.24. The van der Waals surface area contributed by atoms with Crippen LogP contribution in [0.2, 0.25) is 0 Å². The number of rotatable bonds is 3. The molecule has 2 rings (SSSR count). The molecule has 2 aromatic rings. The van der Waals surface area contributed by atoms with Gasteiger partial charge in [-0.1, -0.05) is 0 Å². The fraction of sp³-hybridized carbons (Fsp3) is 0.364. The zero-order chi connectivity index (χ0) is 14.0. The van der Waals surface area contributed by atoms with Crippen LogP contribution < -0.4 is 5.73 Å². The van der Waals surface area contributed by atoms with E-state index in [1.165, 1.54) is 12.4 Å². The quantitative estimate of drug-likeness (QED) is 0.920. The molecule has 0 saturated heterocycles. The van der Waals surface area contributed by atoms with Crippen LogP contribution in [-0.2, 0) is 12.6 Å². The summed E-state index contributed by atoms with van der Waals surface area (Å²) in [5, 5.41) is 3.59. The van der Waals surface area contributed by atoms with Crippen LogP contribution in [-0.4, -0.2) is 25.8 Å². The molecule has 0 aliphatic carbocycles. The van der Waals surface area contributed by atoms with Gasteiger partial charge in [-0.15, -0.1) is 0 Å². The van der Waals surface area contributed by atoms with Crippen LogP contribution in [0.4, 0.5) is 13.2 Å². The standard InChI is InChI=1S/C11H12F3N5/c1-7(15)2-8-3-16-10(17-4-8)19-6-9(5-18-19)11(12,13)14/h3-7H,2,15H2,1H3. The van der Waals surface area contributed by atoms with E-state index in [1.807, 2.05) is 6.92 Å². The molecule has 0 fully saturated rings. The summed E-state index contributed by atoms with van der Waals surface area (Å²) >= 11 is 0. The van der Waals surface area contributed by atoms with Gasteiger partial charge in [0.05, 0.1) is 11.8 Å². The van der Waals surface area contributed by atoms with Crippen LogP contribution in [0.25, 0.3) is 5.95 Å². The number of nitrogens with zero attached hydrogens (tertiary/aromatic N) is 4. The van der Waals surface area contributed by atoms with Crippen LogP contribution in [0.3, 0.4) is 0 Å². The smallest absolute Gasteiger partial charge is 0.328 e. The third-order valence-electron chi connectivity index (χ3n) is 2.36. The summed E-state index contributed by atoms with van der Waals surface area (Å²) < 4.78 is 38.2. The number of nitrogens with two attached hydrogens (primary N) is 1. The van der Waals surface area contributed by atoms with Crippen molar-refractivity contribution in [2.75, 3.05) is 0 Å². The Kier molecular flexibility index (Phi) is 3.52. The molecule has 0 spiro atoms. The topological polar surface area (TPSA) is 69.6 Å². The Bertz CT molecular complexity index is 544. The summed E-state index contributed by atoms with van der Waals surface area (Å²) in [5.41, 5.74) is 5.61. The largest absolute Gasteiger partial charge is 0.419 e. The van der Waals surface area contributed by atoms with Crippen LogP contribution in [0.5, 0.6) is 0 Å². The molecule has 0 saturated carbocycles. The molecule has 5 nitrogen and oxygen atoms in total. The molecular formula is C11H12F3N5. The van der Waals surface area contributed by atoms with Gasteiger partial charge >= 0.3 is 6.18 Å². The minimum atomic E-state index is -4.42. The molecule has 0 aliphatic rings. The maximum Gasteiger partial charge on any atom is 0.419 e. The summed E-state index contributed by atoms with van der Waals surface area (Å²) in [6, 6.07) is -0.0315. The highest BCUT2D eigenvalue weighted by atomic mass is 19.4. The number of halogens is 3. The van der Waals surface area contributed by atoms with Crippen molar-refractivity contribution in [3.8, 4) is 5.95 Å². The highest BCUT2D eigenvalue weighted by Gasteiger charge is 2.32. The highest BCUT2D eigenvalue weighted by Crippen LogP contribution is 2.28. The minimum absolute atomic E-state index is 0.0315. The zero-order valence-corrected chi connectivity index (χ0v) is 10.1. The van der Waals surface area contributed by atoms with Crippen LogP contribution in [0.15, 0.2) is 24.8 Å². The lowest BCUT2D eigenvalue weighted by atomic mass is 10.1. The highest BCUT2D eigenvalue weighted by molar-refractivity contribution is 5.18. The van der Waals surface area contributed by atoms with Gasteiger partial charge in [-0.2, -0.15) is 18.3 Å². The second kappa shape index (κ2) is 4.96. The van der Waals surface area contributed by atoms with Crippen LogP contribution in [0.1, 0.15) is 18.1 Å². The van der Waals surface area contributed by atoms with Crippen LogP contribution in [0, 0.1) is 0 Å². The minimum Gasteiger partial charge on any atom is -0.328 e. The van der Waals surface area contributed by atoms with Gasteiger partial charge in [0.2, 0.25) is 5.95 Å². The van der Waals surface area contributed by atoms with E-state index in [4.69, 9.17) is 5.73 Å². The predicted octanol–water partition coefficient (Wildman–Crippen LogP) is 1.57. The maximum absolute atomic E-state index is 12.4. The Morgan fingerprint density at radius 1 is 1.26 bits per heavy atom. The first-order valence-corrected chi connectivity index (χ1v) is 5.55. The summed E-state index contributed by atoms with van der Waals surface area (Å²) in [5.74, 6) is 0.0870. The molecule has 102 valence electrons. The van der Waals surface area contributed by atoms with E-state index in [2.05, 4.69) is 15.1 Å². The molecule has 8 heteroatoms. The molecule has 1 unspecified atom stereocenters. The SMILES string of the molecule is CC(N)Cc1cnc(-n2cc(C(F)(F)F)cn2)nc1. The van der Waals surface area contributed by atoms with Crippen molar-refractivity contribution < 1.29 is 13.2 Å². The fourth-order valence-corrected chi connectivity index (χ4v) is 1.52. The number of alkyl halides is 3. The Morgan fingerprint density at radius 3 is 2.37 bits per heavy atom. The molecule has 2 heterocycles. The Morgan fingerprint density at radius 2 is 1.89 bits per heavy atom. The van der Waals surface area contributed by atoms with E-state index in [0.29, 0.717) is 6.42 Å². The third-order valence-corrected chi connectivity index (χ3v) is 2.36. The third kappa shape index (κ3) is 3.28. The first kappa shape index (κ1) is 13.5. The summed E-state index contributed by atoms with van der Waals surface area (Å²) in [4.78, 5) is 7.93. The molecule has 2 N–H and O–H groups in total. The van der Waals surface area contributed by atoms with Crippen LogP contribution >= 0.6 is 0 Å². The lowest BCUT2D eigenvalue weighted by Crippen LogP contribution is -2.18. The van der Waals surface area contributed by atoms with E-state index < -0.39 is 11.7 Å². The van der Waals surface area contributed by atoms with E-state index >= 15 is 0 Å². The monoisotopic (exact) mass is 271 g/mol. The molecular weight excluding hydrogens is 259 g/mol. The van der Waals surface area contributed by atoms with E-state index in [1.54, 1.807) is 0 Å². The predicted molar refractivity (Wildman–Crippen MR) is 61.5 cm³/mol. The van der Waals surface area contributed by atoms with Gasteiger partial charge in [-0.3, -0.25) is 0 Å². The molecule has 1 atom stereocenters. The molecule has 0 aliphatic heterocycles. The summed E-state index contributed by atoms with van der Waals surface area (Å²) in [7, 11) is 0. The first-order chi connectivity index (χ1) is 8.86. The normalized spacial score (nSPS) is 13.5. The Balaban J connectivity index is 2.20. The summed E-state index contributed by atoms with van der Waals surface area (Å²) in [6.45, 7) is 1.84. The Labute approximate surface area is 107 Å². The zero-order valence-electron chi connectivity index (χ0n) is 10.1. The van der Waals surface area contributed by atoms with Gasteiger partial charge in [0.25, 0.3) is 0 Å². The van der Waals surface area contributed by atoms with Gasteiger partial charge in [0.1, 0.15) is 0 Å². The van der Waals surface area contributed by atoms with Gasteiger partial charge in [-0.05, 0) is 18.9 Å². The molecule has 19 heavy (non-hydrogen) atoms. The molecule has 0 amide bonds. The van der Waals surface area contributed by atoms with Gasteiger partial charge in [0, 0.05) is 24.6 Å². The van der Waals surface area contributed by atoms with Crippen molar-refractivity contribution in [1.29, 1.82) is 0 Å². The van der Waals surface area contributed by atoms with Gasteiger partial charge in [-0.25, -0.2) is 14.6 Å². The van der Waals surface area contributed by atoms with Crippen molar-refractivity contribution in [1.82, 2.24) is 19.7 Å². The van der Waals surface area contributed by atoms with Crippen molar-refractivity contribution in [3.05, 3.63) is 35.9 Å². The molecule has 0 bridgehead atoms. The van der Waals surface area contributed by atoms with Crippen molar-refractivity contribution in [2.24, 2.45) is 5.73 Å². The lowest BCUT2D eigenvalue weighted by molar-refractivity contribution is -0.137.